The van der Waals surface area contributed by atoms with Crippen molar-refractivity contribution in [1.82, 2.24) is 0 Å². The summed E-state index contributed by atoms with van der Waals surface area (Å²) in [6.45, 7) is 4.62. The molecule has 0 amide bonds. The van der Waals surface area contributed by atoms with Gasteiger partial charge >= 0.3 is 0 Å². The van der Waals surface area contributed by atoms with Crippen molar-refractivity contribution in [2.24, 2.45) is 0 Å². The zero-order valence-electron chi connectivity index (χ0n) is 16.4. The van der Waals surface area contributed by atoms with Crippen molar-refractivity contribution >= 4 is 11.6 Å². The first-order valence-corrected chi connectivity index (χ1v) is 10.5. The van der Waals surface area contributed by atoms with E-state index in [2.05, 4.69) is 86.7 Å². The van der Waals surface area contributed by atoms with Crippen LogP contribution in [0.1, 0.15) is 36.5 Å². The monoisotopic (exact) mass is 396 g/mol. The molecule has 0 radical (unpaired) electrons. The fourth-order valence-electron chi connectivity index (χ4n) is 5.20. The quantitative estimate of drug-likeness (QED) is 0.419. The summed E-state index contributed by atoms with van der Waals surface area (Å²) < 4.78 is 6.39. The molecule has 1 nitrogen and oxygen atoms in total. The molecule has 3 aromatic carbocycles. The van der Waals surface area contributed by atoms with Crippen LogP contribution in [0.3, 0.4) is 0 Å². The van der Waals surface area contributed by atoms with Crippen LogP contribution in [0.15, 0.2) is 78.9 Å². The second-order valence-electron chi connectivity index (χ2n) is 8.68. The number of halogens is 1. The lowest BCUT2D eigenvalue weighted by Gasteiger charge is -2.22. The minimum Gasteiger partial charge on any atom is -0.484 e. The van der Waals surface area contributed by atoms with E-state index in [0.29, 0.717) is 0 Å². The summed E-state index contributed by atoms with van der Waals surface area (Å²) in [5.74, 6) is 1.21. The summed E-state index contributed by atoms with van der Waals surface area (Å²) in [7, 11) is 0. The highest BCUT2D eigenvalue weighted by Crippen LogP contribution is 2.52. The summed E-state index contributed by atoms with van der Waals surface area (Å²) in [6, 6.07) is 19.6. The zero-order chi connectivity index (χ0) is 19.8. The van der Waals surface area contributed by atoms with Crippen LogP contribution in [0.5, 0.6) is 5.75 Å². The molecule has 2 atom stereocenters. The maximum atomic E-state index is 6.56. The second-order valence-corrected chi connectivity index (χ2v) is 9.12. The number of allylic oxidation sites excluding steroid dienone is 2. The molecular weight excluding hydrogens is 376 g/mol. The molecule has 3 aromatic rings. The predicted molar refractivity (Wildman–Crippen MR) is 120 cm³/mol. The van der Waals surface area contributed by atoms with Gasteiger partial charge in [-0.2, -0.15) is 0 Å². The Balaban J connectivity index is 1.54. The molecule has 0 saturated carbocycles. The lowest BCUT2D eigenvalue weighted by molar-refractivity contribution is 0.270. The molecule has 29 heavy (non-hydrogen) atoms. The largest absolute Gasteiger partial charge is 0.484 e. The molecule has 3 aliphatic rings. The highest BCUT2D eigenvalue weighted by molar-refractivity contribution is 6.31. The Morgan fingerprint density at radius 2 is 1.62 bits per heavy atom. The summed E-state index contributed by atoms with van der Waals surface area (Å²) in [6.07, 6.45) is 8.55. The van der Waals surface area contributed by atoms with Crippen molar-refractivity contribution in [1.29, 1.82) is 0 Å². The van der Waals surface area contributed by atoms with Gasteiger partial charge in [-0.05, 0) is 52.1 Å². The van der Waals surface area contributed by atoms with Crippen molar-refractivity contribution in [3.8, 4) is 28.0 Å². The molecule has 0 N–H and O–H groups in total. The van der Waals surface area contributed by atoms with E-state index in [9.17, 15) is 0 Å². The standard InChI is InChI=1S/C27H21ClO/c1-27(2)23-9-5-3-7-18(23)19-12-11-16(13-24(19)27)21-14-17(28)15-22-20-8-4-6-10-25(20)29-26(21)22/h3-15,20,25H,1-2H3. The third-order valence-electron chi connectivity index (χ3n) is 6.67. The van der Waals surface area contributed by atoms with Gasteiger partial charge in [0.15, 0.2) is 0 Å². The number of fused-ring (bicyclic) bond motifs is 6. The van der Waals surface area contributed by atoms with E-state index in [4.69, 9.17) is 16.3 Å². The molecule has 1 aliphatic heterocycles. The van der Waals surface area contributed by atoms with Gasteiger partial charge in [0.05, 0.1) is 0 Å². The topological polar surface area (TPSA) is 9.23 Å². The first kappa shape index (κ1) is 17.1. The van der Waals surface area contributed by atoms with Gasteiger partial charge in [-0.25, -0.2) is 0 Å². The van der Waals surface area contributed by atoms with Crippen LogP contribution < -0.4 is 4.74 Å². The summed E-state index contributed by atoms with van der Waals surface area (Å²) in [5.41, 5.74) is 8.82. The van der Waals surface area contributed by atoms with Crippen LogP contribution >= 0.6 is 11.6 Å². The van der Waals surface area contributed by atoms with E-state index in [-0.39, 0.29) is 17.4 Å². The van der Waals surface area contributed by atoms with Gasteiger partial charge < -0.3 is 4.74 Å². The van der Waals surface area contributed by atoms with Crippen molar-refractivity contribution in [3.05, 3.63) is 101 Å². The van der Waals surface area contributed by atoms with Crippen LogP contribution in [-0.4, -0.2) is 6.10 Å². The molecule has 0 saturated heterocycles. The minimum atomic E-state index is -0.0238. The number of rotatable bonds is 1. The van der Waals surface area contributed by atoms with Gasteiger partial charge in [-0.15, -0.1) is 0 Å². The second kappa shape index (κ2) is 5.87. The van der Waals surface area contributed by atoms with E-state index < -0.39 is 0 Å². The molecule has 0 aromatic heterocycles. The van der Waals surface area contributed by atoms with E-state index in [1.807, 2.05) is 6.07 Å². The van der Waals surface area contributed by atoms with Gasteiger partial charge in [0, 0.05) is 27.5 Å². The smallest absolute Gasteiger partial charge is 0.132 e. The average Bonchev–Trinajstić information content (AvgIpc) is 3.21. The maximum absolute atomic E-state index is 6.56. The van der Waals surface area contributed by atoms with Crippen LogP contribution in [0.2, 0.25) is 5.02 Å². The molecule has 0 spiro atoms. The Kier molecular flexibility index (Phi) is 3.47. The molecule has 0 bridgehead atoms. The summed E-state index contributed by atoms with van der Waals surface area (Å²) in [4.78, 5) is 0. The third kappa shape index (κ3) is 2.34. The van der Waals surface area contributed by atoms with E-state index in [0.717, 1.165) is 21.9 Å². The van der Waals surface area contributed by atoms with Gasteiger partial charge in [-0.1, -0.05) is 80.1 Å². The fourth-order valence-corrected chi connectivity index (χ4v) is 5.42. The van der Waals surface area contributed by atoms with E-state index in [1.165, 1.54) is 27.8 Å². The highest BCUT2D eigenvalue weighted by Gasteiger charge is 2.37. The number of hydrogen-bond acceptors (Lipinski definition) is 1. The van der Waals surface area contributed by atoms with Crippen LogP contribution in [0.25, 0.3) is 22.3 Å². The molecule has 142 valence electrons. The van der Waals surface area contributed by atoms with Gasteiger partial charge in [0.2, 0.25) is 0 Å². The first-order chi connectivity index (χ1) is 14.0. The molecular formula is C27H21ClO. The minimum absolute atomic E-state index is 0.0238. The van der Waals surface area contributed by atoms with Gasteiger partial charge in [0.25, 0.3) is 0 Å². The van der Waals surface area contributed by atoms with Crippen molar-refractivity contribution in [2.75, 3.05) is 0 Å². The normalized spacial score (nSPS) is 21.9. The Morgan fingerprint density at radius 1 is 0.828 bits per heavy atom. The van der Waals surface area contributed by atoms with E-state index in [1.54, 1.807) is 0 Å². The van der Waals surface area contributed by atoms with E-state index >= 15 is 0 Å². The Bertz CT molecular complexity index is 1230. The van der Waals surface area contributed by atoms with Gasteiger partial charge in [-0.3, -0.25) is 0 Å². The highest BCUT2D eigenvalue weighted by atomic mass is 35.5. The van der Waals surface area contributed by atoms with Crippen LogP contribution in [0, 0.1) is 0 Å². The van der Waals surface area contributed by atoms with Crippen LogP contribution in [0.4, 0.5) is 0 Å². The van der Waals surface area contributed by atoms with Crippen molar-refractivity contribution < 1.29 is 4.74 Å². The Hall–Kier alpha value is -2.77. The number of ether oxygens (including phenoxy) is 1. The van der Waals surface area contributed by atoms with Crippen molar-refractivity contribution in [2.45, 2.75) is 31.3 Å². The zero-order valence-corrected chi connectivity index (χ0v) is 17.2. The van der Waals surface area contributed by atoms with Crippen LogP contribution in [-0.2, 0) is 5.41 Å². The number of hydrogen-bond donors (Lipinski definition) is 0. The third-order valence-corrected chi connectivity index (χ3v) is 6.89. The van der Waals surface area contributed by atoms with Crippen molar-refractivity contribution in [3.63, 3.8) is 0 Å². The Labute approximate surface area is 176 Å². The fraction of sp³-hybridized carbons (Fsp3) is 0.185. The van der Waals surface area contributed by atoms with Gasteiger partial charge in [0.1, 0.15) is 11.9 Å². The molecule has 0 fully saturated rings. The average molecular weight is 397 g/mol. The lowest BCUT2D eigenvalue weighted by atomic mass is 9.81. The molecule has 2 unspecified atom stereocenters. The predicted octanol–water partition coefficient (Wildman–Crippen LogP) is 7.28. The SMILES string of the molecule is CC1(C)c2ccccc2-c2ccc(-c3cc(Cl)cc4c3OC3C=CC=CC43)cc21. The summed E-state index contributed by atoms with van der Waals surface area (Å²) >= 11 is 6.56. The molecule has 6 rings (SSSR count). The maximum Gasteiger partial charge on any atom is 0.132 e. The molecule has 2 aliphatic carbocycles. The lowest BCUT2D eigenvalue weighted by Crippen LogP contribution is -2.15. The number of benzene rings is 3. The molecule has 1 heterocycles. The first-order valence-electron chi connectivity index (χ1n) is 10.1. The molecule has 2 heteroatoms. The summed E-state index contributed by atoms with van der Waals surface area (Å²) in [5, 5.41) is 0.758. The Morgan fingerprint density at radius 3 is 2.52 bits per heavy atom.